The highest BCUT2D eigenvalue weighted by molar-refractivity contribution is 5.26. The Labute approximate surface area is 80.2 Å². The maximum Gasteiger partial charge on any atom is 0.245 e. The van der Waals surface area contributed by atoms with E-state index in [1.165, 1.54) is 12.0 Å². The predicted octanol–water partition coefficient (Wildman–Crippen LogP) is 3.62. The van der Waals surface area contributed by atoms with E-state index in [1.807, 2.05) is 6.92 Å². The molecular weight excluding hydrogens is 158 g/mol. The van der Waals surface area contributed by atoms with Crippen LogP contribution in [0, 0.1) is 6.57 Å². The van der Waals surface area contributed by atoms with Gasteiger partial charge in [0, 0.05) is 12.5 Å². The monoisotopic (exact) mass is 173 g/mol. The summed E-state index contributed by atoms with van der Waals surface area (Å²) in [6.45, 7) is 11.0. The van der Waals surface area contributed by atoms with Crippen LogP contribution in [0.1, 0.15) is 37.4 Å². The first-order valence-corrected chi connectivity index (χ1v) is 4.73. The summed E-state index contributed by atoms with van der Waals surface area (Å²) in [5, 5.41) is 0. The number of hydrogen-bond acceptors (Lipinski definition) is 0. The van der Waals surface area contributed by atoms with Gasteiger partial charge in [0.2, 0.25) is 6.04 Å². The zero-order valence-electron chi connectivity index (χ0n) is 8.25. The van der Waals surface area contributed by atoms with E-state index in [0.29, 0.717) is 0 Å². The van der Waals surface area contributed by atoms with Crippen LogP contribution >= 0.6 is 0 Å². The van der Waals surface area contributed by atoms with E-state index in [4.69, 9.17) is 6.57 Å². The largest absolute Gasteiger partial charge is 0.309 e. The molecule has 1 unspecified atom stereocenters. The van der Waals surface area contributed by atoms with Gasteiger partial charge in [-0.25, -0.2) is 6.57 Å². The van der Waals surface area contributed by atoms with Gasteiger partial charge in [-0.1, -0.05) is 37.6 Å². The van der Waals surface area contributed by atoms with Crippen molar-refractivity contribution in [2.45, 2.75) is 32.7 Å². The average Bonchev–Trinajstić information content (AvgIpc) is 2.18. The van der Waals surface area contributed by atoms with E-state index in [0.717, 1.165) is 12.0 Å². The van der Waals surface area contributed by atoms with Crippen molar-refractivity contribution in [3.05, 3.63) is 46.8 Å². The summed E-state index contributed by atoms with van der Waals surface area (Å²) in [6, 6.07) is 8.37. The first kappa shape index (κ1) is 9.80. The smallest absolute Gasteiger partial charge is 0.245 e. The molecule has 68 valence electrons. The molecule has 0 amide bonds. The van der Waals surface area contributed by atoms with Crippen LogP contribution in [0.25, 0.3) is 4.85 Å². The predicted molar refractivity (Wildman–Crippen MR) is 55.5 cm³/mol. The molecule has 0 saturated heterocycles. The van der Waals surface area contributed by atoms with Crippen molar-refractivity contribution in [1.29, 1.82) is 0 Å². The van der Waals surface area contributed by atoms with Gasteiger partial charge in [-0.15, -0.1) is 0 Å². The third-order valence-corrected chi connectivity index (χ3v) is 2.19. The van der Waals surface area contributed by atoms with Crippen molar-refractivity contribution in [2.24, 2.45) is 0 Å². The zero-order chi connectivity index (χ0) is 9.68. The summed E-state index contributed by atoms with van der Waals surface area (Å²) in [5.74, 6) is 0. The number of rotatable bonds is 3. The molecule has 1 nitrogen and oxygen atoms in total. The van der Waals surface area contributed by atoms with E-state index in [-0.39, 0.29) is 6.04 Å². The number of aryl methyl sites for hydroxylation is 1. The fourth-order valence-corrected chi connectivity index (χ4v) is 1.33. The van der Waals surface area contributed by atoms with E-state index in [2.05, 4.69) is 36.0 Å². The first-order chi connectivity index (χ1) is 6.27. The molecule has 0 aliphatic heterocycles. The minimum atomic E-state index is -0.00400. The minimum Gasteiger partial charge on any atom is -0.309 e. The molecular formula is C12H15N. The minimum absolute atomic E-state index is 0.00400. The lowest BCUT2D eigenvalue weighted by Gasteiger charge is -2.01. The van der Waals surface area contributed by atoms with Crippen LogP contribution in [0.3, 0.4) is 0 Å². The van der Waals surface area contributed by atoms with Crippen molar-refractivity contribution in [3.63, 3.8) is 0 Å². The Morgan fingerprint density at radius 3 is 2.38 bits per heavy atom. The highest BCUT2D eigenvalue weighted by Gasteiger charge is 2.06. The van der Waals surface area contributed by atoms with Gasteiger partial charge in [0.15, 0.2) is 0 Å². The van der Waals surface area contributed by atoms with Crippen LogP contribution in [-0.2, 0) is 6.42 Å². The zero-order valence-corrected chi connectivity index (χ0v) is 8.25. The summed E-state index contributed by atoms with van der Waals surface area (Å²) in [6.07, 6.45) is 2.31. The maximum atomic E-state index is 6.91. The van der Waals surface area contributed by atoms with Crippen LogP contribution in [-0.4, -0.2) is 0 Å². The Hall–Kier alpha value is -1.29. The molecule has 13 heavy (non-hydrogen) atoms. The molecule has 0 aromatic heterocycles. The van der Waals surface area contributed by atoms with Gasteiger partial charge in [-0.3, -0.25) is 0 Å². The Bertz CT molecular complexity index is 292. The Morgan fingerprint density at radius 2 is 1.92 bits per heavy atom. The van der Waals surface area contributed by atoms with Gasteiger partial charge in [0.1, 0.15) is 0 Å². The third kappa shape index (κ3) is 2.59. The molecule has 1 aromatic rings. The molecule has 0 radical (unpaired) electrons. The second-order valence-corrected chi connectivity index (χ2v) is 3.30. The Balaban J connectivity index is 2.76. The van der Waals surface area contributed by atoms with E-state index >= 15 is 0 Å². The van der Waals surface area contributed by atoms with Crippen LogP contribution in [0.15, 0.2) is 24.3 Å². The fraction of sp³-hybridized carbons (Fsp3) is 0.417. The quantitative estimate of drug-likeness (QED) is 0.615. The summed E-state index contributed by atoms with van der Waals surface area (Å²) in [5.41, 5.74) is 2.48. The standard InChI is InChI=1S/C12H15N/c1-4-5-11-6-8-12(9-7-11)10(2)13-3/h6-10H,4-5H2,1-2H3. The second-order valence-electron chi connectivity index (χ2n) is 3.30. The normalized spacial score (nSPS) is 12.1. The molecule has 0 saturated carbocycles. The fourth-order valence-electron chi connectivity index (χ4n) is 1.33. The molecule has 1 aromatic carbocycles. The lowest BCUT2D eigenvalue weighted by atomic mass is 10.0. The average molecular weight is 173 g/mol. The molecule has 0 bridgehead atoms. The molecule has 0 fully saturated rings. The van der Waals surface area contributed by atoms with Gasteiger partial charge in [-0.2, -0.15) is 0 Å². The molecule has 0 aliphatic rings. The summed E-state index contributed by atoms with van der Waals surface area (Å²) < 4.78 is 0. The van der Waals surface area contributed by atoms with Crippen LogP contribution in [0.2, 0.25) is 0 Å². The summed E-state index contributed by atoms with van der Waals surface area (Å²) in [4.78, 5) is 3.48. The highest BCUT2D eigenvalue weighted by Crippen LogP contribution is 2.17. The van der Waals surface area contributed by atoms with Gasteiger partial charge in [0.05, 0.1) is 0 Å². The summed E-state index contributed by atoms with van der Waals surface area (Å²) in [7, 11) is 0. The topological polar surface area (TPSA) is 4.36 Å². The van der Waals surface area contributed by atoms with Crippen molar-refractivity contribution >= 4 is 0 Å². The van der Waals surface area contributed by atoms with Gasteiger partial charge >= 0.3 is 0 Å². The van der Waals surface area contributed by atoms with E-state index in [1.54, 1.807) is 0 Å². The number of nitrogens with zero attached hydrogens (tertiary/aromatic N) is 1. The van der Waals surface area contributed by atoms with Crippen LogP contribution < -0.4 is 0 Å². The molecule has 0 heterocycles. The second kappa shape index (κ2) is 4.67. The molecule has 1 rings (SSSR count). The van der Waals surface area contributed by atoms with E-state index in [9.17, 15) is 0 Å². The highest BCUT2D eigenvalue weighted by atomic mass is 14.7. The van der Waals surface area contributed by atoms with Gasteiger partial charge in [0.25, 0.3) is 0 Å². The van der Waals surface area contributed by atoms with E-state index < -0.39 is 0 Å². The Morgan fingerprint density at radius 1 is 1.31 bits per heavy atom. The van der Waals surface area contributed by atoms with Crippen molar-refractivity contribution in [2.75, 3.05) is 0 Å². The third-order valence-electron chi connectivity index (χ3n) is 2.19. The van der Waals surface area contributed by atoms with Crippen LogP contribution in [0.4, 0.5) is 0 Å². The molecule has 0 aliphatic carbocycles. The number of benzene rings is 1. The first-order valence-electron chi connectivity index (χ1n) is 4.73. The van der Waals surface area contributed by atoms with Crippen molar-refractivity contribution < 1.29 is 0 Å². The molecule has 0 spiro atoms. The molecule has 1 heteroatoms. The van der Waals surface area contributed by atoms with Crippen LogP contribution in [0.5, 0.6) is 0 Å². The van der Waals surface area contributed by atoms with Crippen molar-refractivity contribution in [1.82, 2.24) is 0 Å². The Kier molecular flexibility index (Phi) is 3.52. The lowest BCUT2D eigenvalue weighted by molar-refractivity contribution is 0.912. The summed E-state index contributed by atoms with van der Waals surface area (Å²) >= 11 is 0. The van der Waals surface area contributed by atoms with Crippen molar-refractivity contribution in [3.8, 4) is 0 Å². The molecule has 0 N–H and O–H groups in total. The lowest BCUT2D eigenvalue weighted by Crippen LogP contribution is -1.88. The van der Waals surface area contributed by atoms with Gasteiger partial charge in [-0.05, 0) is 12.0 Å². The number of hydrogen-bond donors (Lipinski definition) is 0. The van der Waals surface area contributed by atoms with Gasteiger partial charge < -0.3 is 4.85 Å². The maximum absolute atomic E-state index is 6.91. The molecule has 1 atom stereocenters. The SMILES string of the molecule is [C-]#[N+]C(C)c1ccc(CCC)cc1.